The Labute approximate surface area is 68.2 Å². The number of nitrogens with zero attached hydrogens (tertiary/aromatic N) is 1. The molecule has 0 spiro atoms. The van der Waals surface area contributed by atoms with Gasteiger partial charge in [0.2, 0.25) is 0 Å². The number of nitriles is 1. The first-order chi connectivity index (χ1) is 5.18. The van der Waals surface area contributed by atoms with E-state index in [0.717, 1.165) is 12.8 Å². The molecule has 2 heteroatoms. The molecule has 0 radical (unpaired) electrons. The van der Waals surface area contributed by atoms with Crippen LogP contribution in [0.5, 0.6) is 0 Å². The average molecular weight is 153 g/mol. The molecule has 62 valence electrons. The quantitative estimate of drug-likeness (QED) is 0.610. The van der Waals surface area contributed by atoms with E-state index < -0.39 is 0 Å². The van der Waals surface area contributed by atoms with Crippen molar-refractivity contribution >= 4 is 5.78 Å². The van der Waals surface area contributed by atoms with Crippen LogP contribution in [-0.2, 0) is 4.79 Å². The van der Waals surface area contributed by atoms with E-state index in [-0.39, 0.29) is 11.2 Å². The van der Waals surface area contributed by atoms with Crippen LogP contribution in [0.2, 0.25) is 0 Å². The minimum absolute atomic E-state index is 0.133. The molecule has 1 aliphatic rings. The molecule has 0 unspecified atom stereocenters. The van der Waals surface area contributed by atoms with Crippen LogP contribution >= 0.6 is 0 Å². The largest absolute Gasteiger partial charge is 0.300 e. The SMILES string of the molecule is CC.CC(=O)CC1(C#N)CC1. The summed E-state index contributed by atoms with van der Waals surface area (Å²) in [6, 6.07) is 2.16. The van der Waals surface area contributed by atoms with Crippen LogP contribution in [0.3, 0.4) is 0 Å². The molecule has 0 heterocycles. The topological polar surface area (TPSA) is 40.9 Å². The molecular formula is C9H15NO. The van der Waals surface area contributed by atoms with Crippen LogP contribution in [0.15, 0.2) is 0 Å². The molecule has 1 saturated carbocycles. The van der Waals surface area contributed by atoms with Crippen molar-refractivity contribution in [3.8, 4) is 6.07 Å². The van der Waals surface area contributed by atoms with E-state index in [4.69, 9.17) is 5.26 Å². The number of hydrogen-bond acceptors (Lipinski definition) is 2. The summed E-state index contributed by atoms with van der Waals surface area (Å²) >= 11 is 0. The maximum atomic E-state index is 10.5. The molecule has 1 fully saturated rings. The molecule has 2 nitrogen and oxygen atoms in total. The molecule has 1 aliphatic carbocycles. The van der Waals surface area contributed by atoms with E-state index in [0.29, 0.717) is 6.42 Å². The van der Waals surface area contributed by atoms with Gasteiger partial charge in [0.1, 0.15) is 5.78 Å². The van der Waals surface area contributed by atoms with E-state index in [9.17, 15) is 4.79 Å². The average Bonchev–Trinajstić information content (AvgIpc) is 2.73. The van der Waals surface area contributed by atoms with E-state index in [1.807, 2.05) is 13.8 Å². The molecule has 0 amide bonds. The monoisotopic (exact) mass is 153 g/mol. The van der Waals surface area contributed by atoms with Crippen molar-refractivity contribution < 1.29 is 4.79 Å². The predicted molar refractivity (Wildman–Crippen MR) is 43.9 cm³/mol. The van der Waals surface area contributed by atoms with Crippen molar-refractivity contribution in [2.24, 2.45) is 5.41 Å². The highest BCUT2D eigenvalue weighted by molar-refractivity contribution is 5.77. The van der Waals surface area contributed by atoms with Crippen molar-refractivity contribution in [2.75, 3.05) is 0 Å². The Kier molecular flexibility index (Phi) is 3.81. The highest BCUT2D eigenvalue weighted by Crippen LogP contribution is 2.47. The van der Waals surface area contributed by atoms with E-state index in [1.54, 1.807) is 0 Å². The third-order valence-electron chi connectivity index (χ3n) is 1.68. The van der Waals surface area contributed by atoms with Gasteiger partial charge in [-0.25, -0.2) is 0 Å². The summed E-state index contributed by atoms with van der Waals surface area (Å²) in [6.45, 7) is 5.54. The second-order valence-corrected chi connectivity index (χ2v) is 2.77. The summed E-state index contributed by atoms with van der Waals surface area (Å²) in [7, 11) is 0. The van der Waals surface area contributed by atoms with Gasteiger partial charge in [0, 0.05) is 6.42 Å². The smallest absolute Gasteiger partial charge is 0.131 e. The summed E-state index contributed by atoms with van der Waals surface area (Å²) in [5.41, 5.74) is -0.230. The highest BCUT2D eigenvalue weighted by atomic mass is 16.1. The summed E-state index contributed by atoms with van der Waals surface area (Å²) < 4.78 is 0. The van der Waals surface area contributed by atoms with Gasteiger partial charge in [-0.05, 0) is 19.8 Å². The molecule has 0 aromatic carbocycles. The van der Waals surface area contributed by atoms with Crippen molar-refractivity contribution in [3.05, 3.63) is 0 Å². The molecule has 0 N–H and O–H groups in total. The maximum Gasteiger partial charge on any atom is 0.131 e. The minimum atomic E-state index is -0.230. The first-order valence-corrected chi connectivity index (χ1v) is 4.09. The van der Waals surface area contributed by atoms with Crippen molar-refractivity contribution in [1.82, 2.24) is 0 Å². The number of rotatable bonds is 2. The van der Waals surface area contributed by atoms with Gasteiger partial charge < -0.3 is 0 Å². The Morgan fingerprint density at radius 2 is 2.00 bits per heavy atom. The number of Topliss-reactive ketones (excluding diaryl/α,β-unsaturated/α-hetero) is 1. The molecule has 0 bridgehead atoms. The van der Waals surface area contributed by atoms with Crippen LogP contribution in [0, 0.1) is 16.7 Å². The van der Waals surface area contributed by atoms with E-state index in [1.165, 1.54) is 6.92 Å². The van der Waals surface area contributed by atoms with Gasteiger partial charge in [0.05, 0.1) is 11.5 Å². The van der Waals surface area contributed by atoms with Crippen LogP contribution < -0.4 is 0 Å². The Balaban J connectivity index is 0.000000461. The van der Waals surface area contributed by atoms with Crippen molar-refractivity contribution in [3.63, 3.8) is 0 Å². The normalized spacial score (nSPS) is 17.3. The van der Waals surface area contributed by atoms with Crippen molar-refractivity contribution in [2.45, 2.75) is 40.0 Å². The highest BCUT2D eigenvalue weighted by Gasteiger charge is 2.43. The third kappa shape index (κ3) is 3.18. The number of hydrogen-bond donors (Lipinski definition) is 0. The zero-order valence-electron chi connectivity index (χ0n) is 7.48. The fraction of sp³-hybridized carbons (Fsp3) is 0.778. The van der Waals surface area contributed by atoms with Gasteiger partial charge in [0.15, 0.2) is 0 Å². The van der Waals surface area contributed by atoms with E-state index >= 15 is 0 Å². The fourth-order valence-corrected chi connectivity index (χ4v) is 0.956. The van der Waals surface area contributed by atoms with Crippen molar-refractivity contribution in [1.29, 1.82) is 5.26 Å². The molecular weight excluding hydrogens is 138 g/mol. The van der Waals surface area contributed by atoms with Gasteiger partial charge in [-0.3, -0.25) is 4.79 Å². The summed E-state index contributed by atoms with van der Waals surface area (Å²) in [6.07, 6.45) is 2.30. The lowest BCUT2D eigenvalue weighted by atomic mass is 10.0. The summed E-state index contributed by atoms with van der Waals surface area (Å²) in [5.74, 6) is 0.133. The molecule has 11 heavy (non-hydrogen) atoms. The fourth-order valence-electron chi connectivity index (χ4n) is 0.956. The lowest BCUT2D eigenvalue weighted by molar-refractivity contribution is -0.117. The number of ketones is 1. The number of carbonyl (C=O) groups excluding carboxylic acids is 1. The molecule has 0 aromatic rings. The zero-order chi connectivity index (χ0) is 8.91. The lowest BCUT2D eigenvalue weighted by Gasteiger charge is -1.97. The standard InChI is InChI=1S/C7H9NO.C2H6/c1-6(9)4-7(5-8)2-3-7;1-2/h2-4H2,1H3;1-2H3. The minimum Gasteiger partial charge on any atom is -0.300 e. The van der Waals surface area contributed by atoms with Gasteiger partial charge >= 0.3 is 0 Å². The summed E-state index contributed by atoms with van der Waals surface area (Å²) in [5, 5.41) is 8.50. The van der Waals surface area contributed by atoms with Gasteiger partial charge in [-0.15, -0.1) is 0 Å². The molecule has 0 aliphatic heterocycles. The molecule has 0 atom stereocenters. The maximum absolute atomic E-state index is 10.5. The van der Waals surface area contributed by atoms with Crippen LogP contribution in [0.1, 0.15) is 40.0 Å². The Morgan fingerprint density at radius 1 is 1.55 bits per heavy atom. The Bertz CT molecular complexity index is 174. The van der Waals surface area contributed by atoms with Crippen LogP contribution in [0.4, 0.5) is 0 Å². The number of carbonyl (C=O) groups is 1. The molecule has 0 saturated heterocycles. The Morgan fingerprint density at radius 3 is 2.09 bits per heavy atom. The molecule has 0 aromatic heterocycles. The van der Waals surface area contributed by atoms with Gasteiger partial charge in [0.25, 0.3) is 0 Å². The van der Waals surface area contributed by atoms with Crippen LogP contribution in [0.25, 0.3) is 0 Å². The first-order valence-electron chi connectivity index (χ1n) is 4.09. The van der Waals surface area contributed by atoms with E-state index in [2.05, 4.69) is 6.07 Å². The Hall–Kier alpha value is -0.840. The van der Waals surface area contributed by atoms with Crippen LogP contribution in [-0.4, -0.2) is 5.78 Å². The molecule has 1 rings (SSSR count). The van der Waals surface area contributed by atoms with Gasteiger partial charge in [-0.1, -0.05) is 13.8 Å². The third-order valence-corrected chi connectivity index (χ3v) is 1.68. The zero-order valence-corrected chi connectivity index (χ0v) is 7.48. The van der Waals surface area contributed by atoms with Gasteiger partial charge in [-0.2, -0.15) is 5.26 Å². The second-order valence-electron chi connectivity index (χ2n) is 2.77. The second kappa shape index (κ2) is 4.12. The lowest BCUT2D eigenvalue weighted by Crippen LogP contribution is -2.02. The summed E-state index contributed by atoms with van der Waals surface area (Å²) in [4.78, 5) is 10.5. The predicted octanol–water partition coefficient (Wildman–Crippen LogP) is 2.30. The first kappa shape index (κ1) is 10.2.